The fourth-order valence-electron chi connectivity index (χ4n) is 2.09. The molecule has 0 aliphatic rings. The van der Waals surface area contributed by atoms with E-state index < -0.39 is 10.0 Å². The lowest BCUT2D eigenvalue weighted by Crippen LogP contribution is -2.43. The van der Waals surface area contributed by atoms with Crippen LogP contribution in [-0.4, -0.2) is 37.6 Å². The van der Waals surface area contributed by atoms with Crippen LogP contribution in [0.3, 0.4) is 0 Å². The van der Waals surface area contributed by atoms with Crippen molar-refractivity contribution in [2.75, 3.05) is 18.8 Å². The van der Waals surface area contributed by atoms with Crippen LogP contribution in [0.5, 0.6) is 0 Å². The molecule has 110 valence electrons. The highest BCUT2D eigenvalue weighted by molar-refractivity contribution is 7.89. The van der Waals surface area contributed by atoms with E-state index in [1.165, 1.54) is 0 Å². The maximum Gasteiger partial charge on any atom is 0.214 e. The van der Waals surface area contributed by atoms with Crippen molar-refractivity contribution < 1.29 is 8.42 Å². The van der Waals surface area contributed by atoms with Gasteiger partial charge in [-0.1, -0.05) is 27.7 Å². The van der Waals surface area contributed by atoms with E-state index in [1.807, 2.05) is 0 Å². The fourth-order valence-corrected chi connectivity index (χ4v) is 4.17. The minimum atomic E-state index is -3.14. The van der Waals surface area contributed by atoms with Crippen LogP contribution in [0.25, 0.3) is 0 Å². The molecule has 0 saturated carbocycles. The number of unbranched alkanes of at least 4 members (excludes halogenated alkanes) is 1. The maximum absolute atomic E-state index is 12.4. The molecule has 2 N–H and O–H groups in total. The topological polar surface area (TPSA) is 63.4 Å². The summed E-state index contributed by atoms with van der Waals surface area (Å²) in [6.45, 7) is 9.41. The maximum atomic E-state index is 12.4. The standard InChI is InChI=1S/C13H30N2O2S/c1-5-13(6-2)15(11-12(3)4)18(16,17)10-8-7-9-14/h12-13H,5-11,14H2,1-4H3. The third kappa shape index (κ3) is 6.16. The molecule has 0 aromatic heterocycles. The van der Waals surface area contributed by atoms with Gasteiger partial charge in [0.25, 0.3) is 0 Å². The first kappa shape index (κ1) is 17.9. The summed E-state index contributed by atoms with van der Waals surface area (Å²) in [5.74, 6) is 0.586. The molecular formula is C13H30N2O2S. The monoisotopic (exact) mass is 278 g/mol. The average molecular weight is 278 g/mol. The summed E-state index contributed by atoms with van der Waals surface area (Å²) in [4.78, 5) is 0. The molecule has 0 aliphatic carbocycles. The second-order valence-electron chi connectivity index (χ2n) is 5.25. The first-order chi connectivity index (χ1) is 8.38. The molecule has 0 fully saturated rings. The molecule has 0 rings (SSSR count). The van der Waals surface area contributed by atoms with Crippen molar-refractivity contribution in [3.8, 4) is 0 Å². The summed E-state index contributed by atoms with van der Waals surface area (Å²) in [5, 5.41) is 0. The smallest absolute Gasteiger partial charge is 0.214 e. The Balaban J connectivity index is 4.81. The Kier molecular flexibility index (Phi) is 8.82. The molecule has 0 aromatic carbocycles. The van der Waals surface area contributed by atoms with Crippen LogP contribution in [0.4, 0.5) is 0 Å². The number of hydrogen-bond acceptors (Lipinski definition) is 3. The molecule has 18 heavy (non-hydrogen) atoms. The molecule has 0 aromatic rings. The Bertz CT molecular complexity index is 298. The SMILES string of the molecule is CCC(CC)N(CC(C)C)S(=O)(=O)CCCCN. The molecule has 5 heteroatoms. The van der Waals surface area contributed by atoms with Crippen LogP contribution in [0, 0.1) is 5.92 Å². The van der Waals surface area contributed by atoms with Gasteiger partial charge in [0.2, 0.25) is 10.0 Å². The molecule has 0 atom stereocenters. The van der Waals surface area contributed by atoms with Crippen LogP contribution >= 0.6 is 0 Å². The Morgan fingerprint density at radius 3 is 2.06 bits per heavy atom. The summed E-state index contributed by atoms with van der Waals surface area (Å²) in [6.07, 6.45) is 3.18. The van der Waals surface area contributed by atoms with Crippen molar-refractivity contribution in [2.45, 2.75) is 59.4 Å². The molecule has 0 unspecified atom stereocenters. The van der Waals surface area contributed by atoms with E-state index in [2.05, 4.69) is 27.7 Å². The summed E-state index contributed by atoms with van der Waals surface area (Å²) >= 11 is 0. The fraction of sp³-hybridized carbons (Fsp3) is 1.00. The van der Waals surface area contributed by atoms with E-state index in [4.69, 9.17) is 5.73 Å². The van der Waals surface area contributed by atoms with E-state index in [0.29, 0.717) is 25.4 Å². The molecule has 4 nitrogen and oxygen atoms in total. The summed E-state index contributed by atoms with van der Waals surface area (Å²) in [5.41, 5.74) is 5.42. The van der Waals surface area contributed by atoms with Crippen LogP contribution < -0.4 is 5.73 Å². The Morgan fingerprint density at radius 1 is 1.11 bits per heavy atom. The lowest BCUT2D eigenvalue weighted by molar-refractivity contribution is 0.276. The second-order valence-corrected chi connectivity index (χ2v) is 7.29. The summed E-state index contributed by atoms with van der Waals surface area (Å²) in [6, 6.07) is 0.135. The number of rotatable bonds is 10. The first-order valence-electron chi connectivity index (χ1n) is 7.08. The largest absolute Gasteiger partial charge is 0.330 e. The number of sulfonamides is 1. The van der Waals surface area contributed by atoms with Gasteiger partial charge in [0.15, 0.2) is 0 Å². The van der Waals surface area contributed by atoms with Crippen LogP contribution in [-0.2, 0) is 10.0 Å². The Labute approximate surface area is 113 Å². The number of nitrogens with two attached hydrogens (primary N) is 1. The highest BCUT2D eigenvalue weighted by Crippen LogP contribution is 2.17. The normalized spacial score (nSPS) is 12.9. The second kappa shape index (κ2) is 8.88. The van der Waals surface area contributed by atoms with E-state index in [0.717, 1.165) is 19.3 Å². The van der Waals surface area contributed by atoms with Crippen LogP contribution in [0.1, 0.15) is 53.4 Å². The van der Waals surface area contributed by atoms with Gasteiger partial charge in [0, 0.05) is 12.6 Å². The first-order valence-corrected chi connectivity index (χ1v) is 8.69. The molecule has 0 amide bonds. The molecule has 0 aliphatic heterocycles. The van der Waals surface area contributed by atoms with E-state index in [-0.39, 0.29) is 11.8 Å². The lowest BCUT2D eigenvalue weighted by Gasteiger charge is -2.31. The molecule has 0 bridgehead atoms. The number of hydrogen-bond donors (Lipinski definition) is 1. The van der Waals surface area contributed by atoms with Crippen molar-refractivity contribution in [1.82, 2.24) is 4.31 Å². The molecule has 0 spiro atoms. The van der Waals surface area contributed by atoms with Crippen LogP contribution in [0.15, 0.2) is 0 Å². The third-order valence-corrected chi connectivity index (χ3v) is 5.07. The molecule has 0 saturated heterocycles. The van der Waals surface area contributed by atoms with Gasteiger partial charge in [-0.3, -0.25) is 0 Å². The van der Waals surface area contributed by atoms with Gasteiger partial charge >= 0.3 is 0 Å². The predicted octanol–water partition coefficient (Wildman–Crippen LogP) is 2.20. The van der Waals surface area contributed by atoms with Gasteiger partial charge in [0.1, 0.15) is 0 Å². The number of nitrogens with zero attached hydrogens (tertiary/aromatic N) is 1. The van der Waals surface area contributed by atoms with E-state index in [1.54, 1.807) is 4.31 Å². The summed E-state index contributed by atoms with van der Waals surface area (Å²) in [7, 11) is -3.14. The minimum absolute atomic E-state index is 0.135. The highest BCUT2D eigenvalue weighted by Gasteiger charge is 2.27. The summed E-state index contributed by atoms with van der Waals surface area (Å²) < 4.78 is 26.5. The molecule has 0 heterocycles. The van der Waals surface area contributed by atoms with Gasteiger partial charge < -0.3 is 5.73 Å². The van der Waals surface area contributed by atoms with Crippen molar-refractivity contribution >= 4 is 10.0 Å². The Hall–Kier alpha value is -0.130. The van der Waals surface area contributed by atoms with Crippen molar-refractivity contribution in [3.63, 3.8) is 0 Å². The van der Waals surface area contributed by atoms with Crippen LogP contribution in [0.2, 0.25) is 0 Å². The zero-order valence-electron chi connectivity index (χ0n) is 12.4. The zero-order valence-corrected chi connectivity index (χ0v) is 13.2. The van der Waals surface area contributed by atoms with Gasteiger partial charge in [-0.05, 0) is 38.1 Å². The Morgan fingerprint density at radius 2 is 1.67 bits per heavy atom. The van der Waals surface area contributed by atoms with Crippen molar-refractivity contribution in [1.29, 1.82) is 0 Å². The van der Waals surface area contributed by atoms with Gasteiger partial charge in [0.05, 0.1) is 5.75 Å². The minimum Gasteiger partial charge on any atom is -0.330 e. The average Bonchev–Trinajstić information content (AvgIpc) is 2.29. The quantitative estimate of drug-likeness (QED) is 0.623. The highest BCUT2D eigenvalue weighted by atomic mass is 32.2. The van der Waals surface area contributed by atoms with E-state index in [9.17, 15) is 8.42 Å². The lowest BCUT2D eigenvalue weighted by atomic mass is 10.1. The zero-order chi connectivity index (χ0) is 14.2. The van der Waals surface area contributed by atoms with E-state index >= 15 is 0 Å². The van der Waals surface area contributed by atoms with Crippen molar-refractivity contribution in [2.24, 2.45) is 11.7 Å². The molecular weight excluding hydrogens is 248 g/mol. The predicted molar refractivity (Wildman–Crippen MR) is 78.0 cm³/mol. The van der Waals surface area contributed by atoms with Gasteiger partial charge in [-0.15, -0.1) is 0 Å². The van der Waals surface area contributed by atoms with Gasteiger partial charge in [-0.25, -0.2) is 8.42 Å². The third-order valence-electron chi connectivity index (χ3n) is 3.11. The molecule has 0 radical (unpaired) electrons. The van der Waals surface area contributed by atoms with Crippen molar-refractivity contribution in [3.05, 3.63) is 0 Å². The van der Waals surface area contributed by atoms with Gasteiger partial charge in [-0.2, -0.15) is 4.31 Å².